The van der Waals surface area contributed by atoms with Crippen LogP contribution in [0.3, 0.4) is 0 Å². The Morgan fingerprint density at radius 1 is 1.33 bits per heavy atom. The molecule has 0 fully saturated rings. The fraction of sp³-hybridized carbons (Fsp3) is 0.0909. The summed E-state index contributed by atoms with van der Waals surface area (Å²) in [5, 5.41) is 15.6. The molecule has 0 aliphatic heterocycles. The lowest BCUT2D eigenvalue weighted by Gasteiger charge is -2.01. The molecule has 0 unspecified atom stereocenters. The van der Waals surface area contributed by atoms with E-state index in [1.54, 1.807) is 10.8 Å². The minimum absolute atomic E-state index is 0.0819. The van der Waals surface area contributed by atoms with E-state index in [4.69, 9.17) is 0 Å². The molecular formula is C11H9N5OS. The van der Waals surface area contributed by atoms with Crippen LogP contribution in [0.1, 0.15) is 6.92 Å². The third-order valence-corrected chi connectivity index (χ3v) is 3.30. The van der Waals surface area contributed by atoms with Crippen molar-refractivity contribution in [3.05, 3.63) is 30.6 Å². The maximum Gasteiger partial charge on any atom is 0.234 e. The second kappa shape index (κ2) is 4.19. The Morgan fingerprint density at radius 3 is 2.78 bits per heavy atom. The average molecular weight is 259 g/mol. The lowest BCUT2D eigenvalue weighted by atomic mass is 10.2. The first kappa shape index (κ1) is 10.8. The van der Waals surface area contributed by atoms with Crippen LogP contribution in [0, 0.1) is 0 Å². The summed E-state index contributed by atoms with van der Waals surface area (Å²) >= 11 is 1.47. The molecule has 1 amide bonds. The maximum absolute atomic E-state index is 10.9. The number of nitrogens with zero attached hydrogens (tertiary/aromatic N) is 4. The number of hydrogen-bond donors (Lipinski definition) is 1. The van der Waals surface area contributed by atoms with Crippen molar-refractivity contribution in [3.8, 4) is 10.6 Å². The molecule has 0 radical (unpaired) electrons. The van der Waals surface area contributed by atoms with Gasteiger partial charge < -0.3 is 5.32 Å². The SMILES string of the molecule is CC(=O)Nc1ccc(-c2nn3cnnc3s2)cc1. The molecule has 18 heavy (non-hydrogen) atoms. The van der Waals surface area contributed by atoms with Gasteiger partial charge in [0.15, 0.2) is 0 Å². The van der Waals surface area contributed by atoms with Gasteiger partial charge in [-0.05, 0) is 24.3 Å². The van der Waals surface area contributed by atoms with Gasteiger partial charge in [0.25, 0.3) is 0 Å². The number of carbonyl (C=O) groups is 1. The van der Waals surface area contributed by atoms with E-state index in [1.807, 2.05) is 24.3 Å². The number of fused-ring (bicyclic) bond motifs is 1. The molecule has 0 aliphatic rings. The van der Waals surface area contributed by atoms with Crippen LogP contribution >= 0.6 is 11.3 Å². The normalized spacial score (nSPS) is 10.7. The fourth-order valence-electron chi connectivity index (χ4n) is 1.58. The molecule has 7 heteroatoms. The average Bonchev–Trinajstić information content (AvgIpc) is 2.89. The first-order valence-electron chi connectivity index (χ1n) is 5.27. The lowest BCUT2D eigenvalue weighted by molar-refractivity contribution is -0.114. The Kier molecular flexibility index (Phi) is 2.52. The Balaban J connectivity index is 1.92. The van der Waals surface area contributed by atoms with E-state index in [0.29, 0.717) is 0 Å². The van der Waals surface area contributed by atoms with Gasteiger partial charge in [0.1, 0.15) is 11.3 Å². The second-order valence-corrected chi connectivity index (χ2v) is 4.68. The molecular weight excluding hydrogens is 250 g/mol. The van der Waals surface area contributed by atoms with Crippen LogP contribution in [-0.2, 0) is 4.79 Å². The first-order chi connectivity index (χ1) is 8.72. The van der Waals surface area contributed by atoms with E-state index in [2.05, 4.69) is 20.6 Å². The standard InChI is InChI=1S/C11H9N5OS/c1-7(17)13-9-4-2-8(3-5-9)10-15-16-6-12-14-11(16)18-10/h2-6H,1H3,(H,13,17). The molecule has 0 atom stereocenters. The third kappa shape index (κ3) is 1.95. The van der Waals surface area contributed by atoms with Gasteiger partial charge in [-0.3, -0.25) is 4.79 Å². The molecule has 3 aromatic rings. The number of anilines is 1. The summed E-state index contributed by atoms with van der Waals surface area (Å²) in [7, 11) is 0. The number of amides is 1. The van der Waals surface area contributed by atoms with Crippen molar-refractivity contribution in [2.75, 3.05) is 5.32 Å². The highest BCUT2D eigenvalue weighted by atomic mass is 32.1. The summed E-state index contributed by atoms with van der Waals surface area (Å²) in [6, 6.07) is 7.52. The van der Waals surface area contributed by atoms with E-state index in [-0.39, 0.29) is 5.91 Å². The summed E-state index contributed by atoms with van der Waals surface area (Å²) < 4.78 is 1.64. The zero-order chi connectivity index (χ0) is 12.5. The summed E-state index contributed by atoms with van der Waals surface area (Å²) in [6.45, 7) is 1.48. The summed E-state index contributed by atoms with van der Waals surface area (Å²) in [6.07, 6.45) is 1.57. The Morgan fingerprint density at radius 2 is 2.11 bits per heavy atom. The van der Waals surface area contributed by atoms with Gasteiger partial charge in [0.05, 0.1) is 0 Å². The summed E-state index contributed by atoms with van der Waals surface area (Å²) in [5.74, 6) is -0.0819. The van der Waals surface area contributed by atoms with Crippen molar-refractivity contribution in [2.24, 2.45) is 0 Å². The smallest absolute Gasteiger partial charge is 0.234 e. The molecule has 0 saturated carbocycles. The van der Waals surface area contributed by atoms with Crippen molar-refractivity contribution >= 4 is 27.9 Å². The Labute approximate surface area is 106 Å². The molecule has 0 aliphatic carbocycles. The predicted molar refractivity (Wildman–Crippen MR) is 68.4 cm³/mol. The van der Waals surface area contributed by atoms with Gasteiger partial charge in [-0.25, -0.2) is 0 Å². The van der Waals surface area contributed by atoms with Crippen molar-refractivity contribution in [2.45, 2.75) is 6.92 Å². The van der Waals surface area contributed by atoms with Crippen LogP contribution in [0.2, 0.25) is 0 Å². The molecule has 6 nitrogen and oxygen atoms in total. The largest absolute Gasteiger partial charge is 0.326 e. The van der Waals surface area contributed by atoms with E-state index >= 15 is 0 Å². The van der Waals surface area contributed by atoms with Gasteiger partial charge in [0.2, 0.25) is 10.9 Å². The highest BCUT2D eigenvalue weighted by Crippen LogP contribution is 2.25. The number of aromatic nitrogens is 4. The van der Waals surface area contributed by atoms with Crippen LogP contribution in [0.15, 0.2) is 30.6 Å². The molecule has 1 aromatic carbocycles. The van der Waals surface area contributed by atoms with Crippen molar-refractivity contribution in [1.82, 2.24) is 19.8 Å². The first-order valence-corrected chi connectivity index (χ1v) is 6.09. The van der Waals surface area contributed by atoms with Crippen molar-refractivity contribution < 1.29 is 4.79 Å². The number of nitrogens with one attached hydrogen (secondary N) is 1. The van der Waals surface area contributed by atoms with Gasteiger partial charge >= 0.3 is 0 Å². The van der Waals surface area contributed by atoms with Crippen LogP contribution in [0.4, 0.5) is 5.69 Å². The van der Waals surface area contributed by atoms with Gasteiger partial charge in [-0.1, -0.05) is 11.3 Å². The Hall–Kier alpha value is -2.28. The monoisotopic (exact) mass is 259 g/mol. The highest BCUT2D eigenvalue weighted by molar-refractivity contribution is 7.19. The molecule has 3 rings (SSSR count). The molecule has 0 bridgehead atoms. The molecule has 2 aromatic heterocycles. The molecule has 0 spiro atoms. The van der Waals surface area contributed by atoms with Gasteiger partial charge in [-0.2, -0.15) is 9.61 Å². The molecule has 0 saturated heterocycles. The zero-order valence-corrected chi connectivity index (χ0v) is 10.3. The lowest BCUT2D eigenvalue weighted by Crippen LogP contribution is -2.05. The maximum atomic E-state index is 10.9. The Bertz CT molecular complexity index is 671. The summed E-state index contributed by atoms with van der Waals surface area (Å²) in [5.41, 5.74) is 1.76. The van der Waals surface area contributed by atoms with Crippen molar-refractivity contribution in [3.63, 3.8) is 0 Å². The van der Waals surface area contributed by atoms with Crippen LogP contribution in [0.25, 0.3) is 15.5 Å². The molecule has 1 N–H and O–H groups in total. The van der Waals surface area contributed by atoms with E-state index in [1.165, 1.54) is 18.3 Å². The number of benzene rings is 1. The third-order valence-electron chi connectivity index (χ3n) is 2.34. The fourth-order valence-corrected chi connectivity index (χ4v) is 2.40. The highest BCUT2D eigenvalue weighted by Gasteiger charge is 2.07. The van der Waals surface area contributed by atoms with Crippen LogP contribution < -0.4 is 5.32 Å². The van der Waals surface area contributed by atoms with Crippen molar-refractivity contribution in [1.29, 1.82) is 0 Å². The summed E-state index contributed by atoms with van der Waals surface area (Å²) in [4.78, 5) is 11.7. The van der Waals surface area contributed by atoms with E-state index < -0.39 is 0 Å². The van der Waals surface area contributed by atoms with E-state index in [0.717, 1.165) is 21.2 Å². The minimum Gasteiger partial charge on any atom is -0.326 e. The second-order valence-electron chi connectivity index (χ2n) is 3.72. The minimum atomic E-state index is -0.0819. The number of rotatable bonds is 2. The quantitative estimate of drug-likeness (QED) is 0.761. The van der Waals surface area contributed by atoms with Crippen LogP contribution in [-0.4, -0.2) is 25.7 Å². The van der Waals surface area contributed by atoms with Gasteiger partial charge in [-0.15, -0.1) is 10.2 Å². The predicted octanol–water partition coefficient (Wildman–Crippen LogP) is 1.81. The molecule has 2 heterocycles. The van der Waals surface area contributed by atoms with Crippen LogP contribution in [0.5, 0.6) is 0 Å². The topological polar surface area (TPSA) is 72.2 Å². The number of carbonyl (C=O) groups excluding carboxylic acids is 1. The molecule has 90 valence electrons. The van der Waals surface area contributed by atoms with E-state index in [9.17, 15) is 4.79 Å². The van der Waals surface area contributed by atoms with Gasteiger partial charge in [0, 0.05) is 18.2 Å². The number of hydrogen-bond acceptors (Lipinski definition) is 5. The zero-order valence-electron chi connectivity index (χ0n) is 9.49.